The number of hydrogen-bond acceptors (Lipinski definition) is 22. The zero-order chi connectivity index (χ0) is 56.5. The predicted octanol–water partition coefficient (Wildman–Crippen LogP) is 11.0. The Morgan fingerprint density at radius 1 is 0.718 bits per heavy atom. The van der Waals surface area contributed by atoms with Crippen LogP contribution in [0.25, 0.3) is 37.7 Å². The molecule has 3 aromatic heterocycles. The zero-order valence-electron chi connectivity index (χ0n) is 40.8. The first kappa shape index (κ1) is 57.1. The second kappa shape index (κ2) is 22.7. The van der Waals surface area contributed by atoms with Crippen LogP contribution in [0.5, 0.6) is 17.4 Å². The van der Waals surface area contributed by atoms with Crippen LogP contribution in [0, 0.1) is 39.0 Å². The van der Waals surface area contributed by atoms with Crippen molar-refractivity contribution in [1.82, 2.24) is 14.4 Å². The molecule has 0 fully saturated rings. The van der Waals surface area contributed by atoms with Crippen LogP contribution in [0.3, 0.4) is 0 Å². The topological polar surface area (TPSA) is 384 Å². The van der Waals surface area contributed by atoms with Crippen molar-refractivity contribution in [2.45, 2.75) is 54.7 Å². The Hall–Kier alpha value is -7.12. The number of aromatic hydroxyl groups is 1. The molecule has 8 aromatic rings. The van der Waals surface area contributed by atoms with Crippen molar-refractivity contribution in [1.29, 1.82) is 5.26 Å². The van der Waals surface area contributed by atoms with Crippen molar-refractivity contribution in [3.05, 3.63) is 95.9 Å². The second-order valence-electron chi connectivity index (χ2n) is 17.0. The molecule has 0 aliphatic heterocycles. The van der Waals surface area contributed by atoms with Gasteiger partial charge in [-0.2, -0.15) is 44.0 Å². The van der Waals surface area contributed by atoms with Crippen LogP contribution in [0.2, 0.25) is 0 Å². The molecule has 0 spiro atoms. The monoisotopic (exact) mass is 1180 g/mol. The molecular formula is C47H42N10O15S6. The summed E-state index contributed by atoms with van der Waals surface area (Å²) in [4.78, 5) is 7.96. The smallest absolute Gasteiger partial charge is 0.296 e. The highest BCUT2D eigenvalue weighted by molar-refractivity contribution is 7.99. The van der Waals surface area contributed by atoms with E-state index >= 15 is 0 Å². The van der Waals surface area contributed by atoms with Gasteiger partial charge in [0.25, 0.3) is 40.5 Å². The number of fused-ring (bicyclic) bond motifs is 6. The molecule has 406 valence electrons. The minimum atomic E-state index is -4.98. The van der Waals surface area contributed by atoms with Crippen LogP contribution in [0.1, 0.15) is 41.5 Å². The number of para-hydroxylation sites is 2. The summed E-state index contributed by atoms with van der Waals surface area (Å²) in [6.45, 7) is 10.1. The minimum absolute atomic E-state index is 0.00808. The number of ether oxygens (including phenoxy) is 2. The molecule has 0 saturated carbocycles. The first-order valence-electron chi connectivity index (χ1n) is 22.7. The Bertz CT molecular complexity index is 4350. The summed E-state index contributed by atoms with van der Waals surface area (Å²) < 4.78 is 148. The third-order valence-corrected chi connectivity index (χ3v) is 16.8. The van der Waals surface area contributed by atoms with Crippen molar-refractivity contribution in [3.63, 3.8) is 0 Å². The van der Waals surface area contributed by atoms with E-state index in [4.69, 9.17) is 16.4 Å². The molecular weight excluding hydrogens is 1140 g/mol. The highest BCUT2D eigenvalue weighted by Crippen LogP contribution is 2.45. The number of benzene rings is 5. The third-order valence-electron chi connectivity index (χ3n) is 11.4. The molecule has 5 N–H and O–H groups in total. The maximum absolute atomic E-state index is 12.7. The average Bonchev–Trinajstić information content (AvgIpc) is 4.14. The number of azo groups is 3. The van der Waals surface area contributed by atoms with Gasteiger partial charge in [-0.15, -0.1) is 37.3 Å². The van der Waals surface area contributed by atoms with Gasteiger partial charge in [0.15, 0.2) is 11.3 Å². The Balaban J connectivity index is 1.18. The first-order chi connectivity index (χ1) is 36.7. The highest BCUT2D eigenvalue weighted by atomic mass is 32.2. The van der Waals surface area contributed by atoms with E-state index in [2.05, 4.69) is 46.7 Å². The summed E-state index contributed by atoms with van der Waals surface area (Å²) in [5, 5.41) is 47.9. The van der Waals surface area contributed by atoms with Gasteiger partial charge in [0, 0.05) is 33.4 Å². The molecule has 0 aliphatic carbocycles. The number of rotatable bonds is 21. The van der Waals surface area contributed by atoms with Gasteiger partial charge in [-0.05, 0) is 106 Å². The maximum Gasteiger partial charge on any atom is 0.296 e. The third kappa shape index (κ3) is 12.9. The molecule has 0 aliphatic rings. The minimum Gasteiger partial charge on any atom is -0.493 e. The predicted molar refractivity (Wildman–Crippen MR) is 288 cm³/mol. The van der Waals surface area contributed by atoms with Crippen LogP contribution in [0.15, 0.2) is 112 Å². The van der Waals surface area contributed by atoms with Crippen LogP contribution >= 0.6 is 23.1 Å². The molecule has 0 saturated heterocycles. The SMILES string of the molecule is [CH]CCOc1cc(S(=O)(=O)O)cc2c1cc(S(=O)(=O)O)c1nc(N=Nc3cc(SCCCS(=O)(=O)O)c(N=Nc4cc(OCCCS(=O)(=O)O)c(N=Nc5c(C)c(C#N)c6nc7ccccc7n6c5O)cc4C)cc3C)sc12. The van der Waals surface area contributed by atoms with Crippen molar-refractivity contribution in [3.8, 4) is 23.4 Å². The number of aryl methyl sites for hydroxylation is 2. The van der Waals surface area contributed by atoms with Crippen LogP contribution in [0.4, 0.5) is 33.6 Å². The molecule has 5 aromatic carbocycles. The van der Waals surface area contributed by atoms with Gasteiger partial charge in [0.2, 0.25) is 11.0 Å². The summed E-state index contributed by atoms with van der Waals surface area (Å²) in [7, 11) is -18.5. The maximum atomic E-state index is 12.7. The van der Waals surface area contributed by atoms with Crippen molar-refractivity contribution in [2.24, 2.45) is 30.7 Å². The fraction of sp³-hybridized carbons (Fsp3) is 0.234. The van der Waals surface area contributed by atoms with E-state index in [0.717, 1.165) is 41.3 Å². The molecule has 0 bridgehead atoms. The van der Waals surface area contributed by atoms with Crippen LogP contribution in [-0.2, 0) is 40.5 Å². The molecule has 31 heteroatoms. The fourth-order valence-corrected chi connectivity index (χ4v) is 12.1. The van der Waals surface area contributed by atoms with Gasteiger partial charge in [0.1, 0.15) is 39.2 Å². The lowest BCUT2D eigenvalue weighted by Crippen LogP contribution is -2.08. The summed E-state index contributed by atoms with van der Waals surface area (Å²) in [5.41, 5.74) is 2.97. The number of nitrogens with zero attached hydrogens (tertiary/aromatic N) is 10. The van der Waals surface area contributed by atoms with Crippen LogP contribution in [-0.4, -0.2) is 102 Å². The Morgan fingerprint density at radius 3 is 2.04 bits per heavy atom. The Kier molecular flexibility index (Phi) is 16.6. The summed E-state index contributed by atoms with van der Waals surface area (Å²) in [5.74, 6) is -1.52. The van der Waals surface area contributed by atoms with Crippen molar-refractivity contribution < 1.29 is 66.5 Å². The van der Waals surface area contributed by atoms with E-state index in [1.807, 2.05) is 0 Å². The molecule has 2 radical (unpaired) electrons. The number of imidazole rings is 1. The van der Waals surface area contributed by atoms with E-state index in [0.29, 0.717) is 27.1 Å². The van der Waals surface area contributed by atoms with Gasteiger partial charge >= 0.3 is 0 Å². The average molecular weight is 1180 g/mol. The zero-order valence-corrected chi connectivity index (χ0v) is 45.7. The van der Waals surface area contributed by atoms with E-state index in [-0.39, 0.29) is 127 Å². The number of pyridine rings is 1. The van der Waals surface area contributed by atoms with Gasteiger partial charge in [-0.1, -0.05) is 23.5 Å². The molecule has 78 heavy (non-hydrogen) atoms. The quantitative estimate of drug-likeness (QED) is 0.0193. The van der Waals surface area contributed by atoms with E-state index in [1.165, 1.54) is 16.5 Å². The summed E-state index contributed by atoms with van der Waals surface area (Å²) in [6.07, 6.45) is -0.142. The molecule has 0 unspecified atom stereocenters. The molecule has 3 heterocycles. The summed E-state index contributed by atoms with van der Waals surface area (Å²) >= 11 is 1.90. The lowest BCUT2D eigenvalue weighted by atomic mass is 10.1. The van der Waals surface area contributed by atoms with Gasteiger partial charge < -0.3 is 14.6 Å². The van der Waals surface area contributed by atoms with Crippen LogP contribution < -0.4 is 9.47 Å². The first-order valence-corrected chi connectivity index (χ1v) is 30.6. The Labute approximate surface area is 453 Å². The standard InChI is InChI=1S/C47H42N10O15S6/c1-5-12-71-38-20-28(77(65,66)67)19-30-29(38)21-41(78(68,69)70)43-44(30)74-47(50-43)56-52-34-23-40(73-14-9-16-76(62,63)64)36(18-26(34)3)54-51-33-22-39(72-13-8-15-75(59,60)61)35(17-25(33)2)53-55-42-27(4)31(24-48)45-49-32-10-6-7-11-37(32)57(45)46(42)58/h1,6-7,10-11,17-23,58H,5,8-9,12-16H2,2-4H3,(H,59,60,61)(H,62,63,64)(H,65,66,67)(H,68,69,70). The van der Waals surface area contributed by atoms with E-state index in [9.17, 15) is 62.3 Å². The number of thioether (sulfide) groups is 1. The highest BCUT2D eigenvalue weighted by Gasteiger charge is 2.26. The molecule has 0 atom stereocenters. The lowest BCUT2D eigenvalue weighted by Gasteiger charge is -2.12. The van der Waals surface area contributed by atoms with Gasteiger partial charge in [0.05, 0.1) is 62.4 Å². The van der Waals surface area contributed by atoms with E-state index < -0.39 is 61.8 Å². The molecule has 8 rings (SSSR count). The molecule has 25 nitrogen and oxygen atoms in total. The van der Waals surface area contributed by atoms with Gasteiger partial charge in [-0.3, -0.25) is 22.6 Å². The Morgan fingerprint density at radius 2 is 1.36 bits per heavy atom. The number of hydrogen-bond donors (Lipinski definition) is 5. The number of nitriles is 1. The number of aromatic nitrogens is 3. The summed E-state index contributed by atoms with van der Waals surface area (Å²) in [6, 6.07) is 18.3. The number of thiazole rings is 1. The fourth-order valence-electron chi connectivity index (χ4n) is 7.78. The normalized spacial score (nSPS) is 12.9. The second-order valence-corrected chi connectivity index (χ2v) is 25.1. The largest absolute Gasteiger partial charge is 0.493 e. The molecule has 0 amide bonds. The lowest BCUT2D eigenvalue weighted by molar-refractivity contribution is 0.317. The van der Waals surface area contributed by atoms with Gasteiger partial charge in [-0.25, -0.2) is 9.97 Å². The van der Waals surface area contributed by atoms with E-state index in [1.54, 1.807) is 57.2 Å². The van der Waals surface area contributed by atoms with Crippen molar-refractivity contribution in [2.75, 3.05) is 30.5 Å². The van der Waals surface area contributed by atoms with Crippen molar-refractivity contribution >= 4 is 135 Å².